The molecule has 0 radical (unpaired) electrons. The van der Waals surface area contributed by atoms with Crippen LogP contribution in [0.25, 0.3) is 0 Å². The third-order valence-electron chi connectivity index (χ3n) is 5.79. The highest BCUT2D eigenvalue weighted by molar-refractivity contribution is 9.11. The van der Waals surface area contributed by atoms with E-state index >= 15 is 0 Å². The van der Waals surface area contributed by atoms with Crippen molar-refractivity contribution in [3.63, 3.8) is 0 Å². The molecule has 0 saturated carbocycles. The quantitative estimate of drug-likeness (QED) is 0.255. The van der Waals surface area contributed by atoms with Crippen LogP contribution < -0.4 is 10.0 Å². The van der Waals surface area contributed by atoms with Gasteiger partial charge in [-0.2, -0.15) is 10.0 Å². The summed E-state index contributed by atoms with van der Waals surface area (Å²) in [5, 5.41) is 18.6. The Kier molecular flexibility index (Phi) is 10.0. The second-order valence-electron chi connectivity index (χ2n) is 8.16. The van der Waals surface area contributed by atoms with E-state index in [9.17, 15) is 9.59 Å². The minimum atomic E-state index is -1.24. The van der Waals surface area contributed by atoms with Crippen molar-refractivity contribution in [2.24, 2.45) is 20.5 Å². The van der Waals surface area contributed by atoms with Crippen LogP contribution in [-0.2, 0) is 28.7 Å². The molecule has 0 fully saturated rings. The van der Waals surface area contributed by atoms with E-state index in [1.165, 1.54) is 38.5 Å². The second kappa shape index (κ2) is 13.0. The van der Waals surface area contributed by atoms with Gasteiger partial charge >= 0.3 is 0 Å². The molecule has 2 aromatic carbocycles. The molecule has 2 atom stereocenters. The van der Waals surface area contributed by atoms with Gasteiger partial charge < -0.3 is 19.1 Å². The number of alkyl halides is 2. The Morgan fingerprint density at radius 2 is 1.00 bits per heavy atom. The van der Waals surface area contributed by atoms with E-state index in [0.717, 1.165) is 0 Å². The molecule has 2 unspecified atom stereocenters. The molecule has 4 rings (SSSR count). The summed E-state index contributed by atoms with van der Waals surface area (Å²) in [6.07, 6.45) is 0. The van der Waals surface area contributed by atoms with Crippen LogP contribution in [0.2, 0.25) is 0 Å². The number of para-hydroxylation sites is 2. The maximum absolute atomic E-state index is 12.7. The Balaban J connectivity index is 0.000000220. The van der Waals surface area contributed by atoms with Crippen LogP contribution in [0.5, 0.6) is 0 Å². The number of nitrogens with zero attached hydrogens (tertiary/aromatic N) is 6. The maximum Gasteiger partial charge on any atom is 0.279 e. The van der Waals surface area contributed by atoms with Crippen molar-refractivity contribution in [1.29, 1.82) is 0 Å². The SMILES string of the molecule is CON=C(C)C1(Br)C(=O)N(c2ccccc2)N=C1OC.CON=C(C)C1(Br)C(=O)N(c2ccccc2)N=C1OC. The van der Waals surface area contributed by atoms with Gasteiger partial charge in [-0.3, -0.25) is 9.59 Å². The third kappa shape index (κ3) is 5.59. The van der Waals surface area contributed by atoms with E-state index in [2.05, 4.69) is 52.4 Å². The van der Waals surface area contributed by atoms with Crippen LogP contribution in [0.4, 0.5) is 11.4 Å². The fourth-order valence-corrected chi connectivity index (χ4v) is 4.72. The average molecular weight is 680 g/mol. The van der Waals surface area contributed by atoms with Gasteiger partial charge in [0.2, 0.25) is 20.4 Å². The molecule has 0 N–H and O–H groups in total. The lowest BCUT2D eigenvalue weighted by Crippen LogP contribution is -2.47. The molecule has 212 valence electrons. The first-order chi connectivity index (χ1) is 19.1. The van der Waals surface area contributed by atoms with E-state index in [1.807, 2.05) is 36.4 Å². The number of carbonyl (C=O) groups excluding carboxylic acids is 2. The van der Waals surface area contributed by atoms with Gasteiger partial charge in [-0.25, -0.2) is 0 Å². The van der Waals surface area contributed by atoms with Crippen LogP contribution in [0.15, 0.2) is 81.2 Å². The van der Waals surface area contributed by atoms with Gasteiger partial charge in [-0.05, 0) is 38.1 Å². The average Bonchev–Trinajstić information content (AvgIpc) is 3.40. The van der Waals surface area contributed by atoms with Crippen LogP contribution in [0.1, 0.15) is 13.8 Å². The predicted octanol–water partition coefficient (Wildman–Crippen LogP) is 4.30. The van der Waals surface area contributed by atoms with E-state index < -0.39 is 8.65 Å². The summed E-state index contributed by atoms with van der Waals surface area (Å²) in [5.74, 6) is -0.188. The number of ether oxygens (including phenoxy) is 2. The summed E-state index contributed by atoms with van der Waals surface area (Å²) in [4.78, 5) is 34.8. The fourth-order valence-electron chi connectivity index (χ4n) is 3.76. The number of oxime groups is 2. The van der Waals surface area contributed by atoms with Crippen molar-refractivity contribution < 1.29 is 28.7 Å². The Bertz CT molecular complexity index is 1250. The predicted molar refractivity (Wildman–Crippen MR) is 160 cm³/mol. The van der Waals surface area contributed by atoms with Crippen molar-refractivity contribution in [3.05, 3.63) is 60.7 Å². The Morgan fingerprint density at radius 1 is 0.675 bits per heavy atom. The number of hydrogen-bond donors (Lipinski definition) is 0. The topological polar surface area (TPSA) is 127 Å². The van der Waals surface area contributed by atoms with Gasteiger partial charge in [0.15, 0.2) is 0 Å². The first-order valence-electron chi connectivity index (χ1n) is 11.7. The van der Waals surface area contributed by atoms with Crippen molar-refractivity contribution in [3.8, 4) is 0 Å². The van der Waals surface area contributed by atoms with Crippen LogP contribution >= 0.6 is 31.9 Å². The van der Waals surface area contributed by atoms with Gasteiger partial charge in [0, 0.05) is 0 Å². The number of methoxy groups -OCH3 is 2. The number of anilines is 2. The van der Waals surface area contributed by atoms with Crippen LogP contribution in [0, 0.1) is 0 Å². The second-order valence-corrected chi connectivity index (χ2v) is 10.5. The van der Waals surface area contributed by atoms with Gasteiger partial charge in [0.05, 0.1) is 37.0 Å². The normalized spacial score (nSPS) is 22.8. The van der Waals surface area contributed by atoms with Crippen LogP contribution in [-0.4, -0.2) is 72.1 Å². The first kappa shape index (κ1) is 30.8. The molecule has 2 aromatic rings. The molecule has 2 aliphatic heterocycles. The minimum absolute atomic E-state index is 0.213. The Morgan fingerprint density at radius 3 is 1.27 bits per heavy atom. The lowest BCUT2D eigenvalue weighted by molar-refractivity contribution is -0.118. The molecule has 0 spiro atoms. The molecule has 12 nitrogen and oxygen atoms in total. The lowest BCUT2D eigenvalue weighted by Gasteiger charge is -2.20. The number of amides is 2. The minimum Gasteiger partial charge on any atom is -0.481 e. The highest BCUT2D eigenvalue weighted by Crippen LogP contribution is 2.36. The molecule has 40 heavy (non-hydrogen) atoms. The number of benzene rings is 2. The van der Waals surface area contributed by atoms with Gasteiger partial charge in [-0.1, -0.05) is 78.6 Å². The molecule has 0 aromatic heterocycles. The lowest BCUT2D eigenvalue weighted by atomic mass is 10.0. The standard InChI is InChI=1S/2C13H14BrN3O3/c2*1-9(16-20-3)13(14)11(19-2)15-17(12(13)18)10-7-5-4-6-8-10/h2*4-8H,1-3H3. The summed E-state index contributed by atoms with van der Waals surface area (Å²) >= 11 is 6.77. The number of hydrogen-bond acceptors (Lipinski definition) is 10. The van der Waals surface area contributed by atoms with E-state index in [0.29, 0.717) is 22.8 Å². The third-order valence-corrected chi connectivity index (χ3v) is 8.29. The maximum atomic E-state index is 12.7. The summed E-state index contributed by atoms with van der Waals surface area (Å²) in [7, 11) is 5.74. The molecule has 0 bridgehead atoms. The fraction of sp³-hybridized carbons (Fsp3) is 0.308. The van der Waals surface area contributed by atoms with E-state index in [4.69, 9.17) is 19.1 Å². The van der Waals surface area contributed by atoms with E-state index in [-0.39, 0.29) is 23.6 Å². The molecule has 14 heteroatoms. The molecule has 2 aliphatic rings. The molecular weight excluding hydrogens is 652 g/mol. The Labute approximate surface area is 248 Å². The van der Waals surface area contributed by atoms with Gasteiger partial charge in [0.25, 0.3) is 11.8 Å². The molecule has 0 saturated heterocycles. The highest BCUT2D eigenvalue weighted by Gasteiger charge is 2.55. The zero-order valence-corrected chi connectivity index (χ0v) is 25.8. The Hall–Kier alpha value is -3.78. The largest absolute Gasteiger partial charge is 0.481 e. The number of rotatable bonds is 6. The smallest absolute Gasteiger partial charge is 0.279 e. The molecule has 0 aliphatic carbocycles. The van der Waals surface area contributed by atoms with Crippen molar-refractivity contribution >= 4 is 78.3 Å². The monoisotopic (exact) mass is 678 g/mol. The molecule has 2 amide bonds. The van der Waals surface area contributed by atoms with Crippen molar-refractivity contribution in [2.45, 2.75) is 22.5 Å². The summed E-state index contributed by atoms with van der Waals surface area (Å²) in [5.41, 5.74) is 2.12. The van der Waals surface area contributed by atoms with Gasteiger partial charge in [0.1, 0.15) is 14.2 Å². The summed E-state index contributed by atoms with van der Waals surface area (Å²) in [6, 6.07) is 18.2. The van der Waals surface area contributed by atoms with Crippen LogP contribution in [0.3, 0.4) is 0 Å². The first-order valence-corrected chi connectivity index (χ1v) is 13.3. The molecular formula is C26H28Br2N6O6. The highest BCUT2D eigenvalue weighted by atomic mass is 79.9. The zero-order valence-electron chi connectivity index (χ0n) is 22.7. The number of carbonyl (C=O) groups is 2. The van der Waals surface area contributed by atoms with Crippen molar-refractivity contribution in [1.82, 2.24) is 0 Å². The number of halogens is 2. The van der Waals surface area contributed by atoms with Crippen molar-refractivity contribution in [2.75, 3.05) is 38.5 Å². The summed E-state index contributed by atoms with van der Waals surface area (Å²) in [6.45, 7) is 3.33. The van der Waals surface area contributed by atoms with E-state index in [1.54, 1.807) is 38.1 Å². The number of hydrazone groups is 2. The zero-order chi connectivity index (χ0) is 29.5. The van der Waals surface area contributed by atoms with Gasteiger partial charge in [-0.15, -0.1) is 10.2 Å². The summed E-state index contributed by atoms with van der Waals surface area (Å²) < 4.78 is 7.96. The molecule has 2 heterocycles.